The zero-order chi connectivity index (χ0) is 13.5. The second-order valence-electron chi connectivity index (χ2n) is 3.99. The summed E-state index contributed by atoms with van der Waals surface area (Å²) in [5, 5.41) is 0. The minimum atomic E-state index is -3.55. The molecule has 0 fully saturated rings. The van der Waals surface area contributed by atoms with Crippen molar-refractivity contribution >= 4 is 16.0 Å². The van der Waals surface area contributed by atoms with Crippen molar-refractivity contribution in [2.75, 3.05) is 26.6 Å². The number of rotatable bonds is 8. The van der Waals surface area contributed by atoms with Crippen molar-refractivity contribution in [3.05, 3.63) is 0 Å². The second-order valence-corrected chi connectivity index (χ2v) is 5.83. The van der Waals surface area contributed by atoms with Gasteiger partial charge < -0.3 is 9.47 Å². The van der Waals surface area contributed by atoms with Crippen LogP contribution in [0.15, 0.2) is 0 Å². The van der Waals surface area contributed by atoms with Gasteiger partial charge in [-0.25, -0.2) is 8.42 Å². The number of hydrogen-bond donors (Lipinski definition) is 1. The van der Waals surface area contributed by atoms with E-state index in [1.165, 1.54) is 21.1 Å². The Bertz CT molecular complexity index is 341. The van der Waals surface area contributed by atoms with Gasteiger partial charge in [-0.2, -0.15) is 4.72 Å². The van der Waals surface area contributed by atoms with Crippen LogP contribution in [0, 0.1) is 0 Å². The van der Waals surface area contributed by atoms with Gasteiger partial charge in [-0.15, -0.1) is 0 Å². The molecule has 17 heavy (non-hydrogen) atoms. The van der Waals surface area contributed by atoms with Crippen LogP contribution in [-0.4, -0.2) is 46.5 Å². The van der Waals surface area contributed by atoms with Gasteiger partial charge in [-0.05, 0) is 13.3 Å². The number of hydrogen-bond acceptors (Lipinski definition) is 5. The predicted molar refractivity (Wildman–Crippen MR) is 64.1 cm³/mol. The summed E-state index contributed by atoms with van der Waals surface area (Å²) in [4.78, 5) is 11.6. The average Bonchev–Trinajstić information content (AvgIpc) is 2.24. The van der Waals surface area contributed by atoms with Crippen molar-refractivity contribution < 1.29 is 22.7 Å². The highest BCUT2D eigenvalue weighted by Gasteiger charge is 2.37. The summed E-state index contributed by atoms with van der Waals surface area (Å²) in [6.07, 6.45) is 1.05. The fourth-order valence-corrected chi connectivity index (χ4v) is 2.87. The lowest BCUT2D eigenvalue weighted by molar-refractivity contribution is -0.147. The Morgan fingerprint density at radius 3 is 2.35 bits per heavy atom. The SMILES string of the molecule is CCCC(C)(NS(=O)(=O)CCOC)C(=O)OC. The van der Waals surface area contributed by atoms with E-state index in [1.54, 1.807) is 0 Å². The van der Waals surface area contributed by atoms with Crippen molar-refractivity contribution in [3.63, 3.8) is 0 Å². The molecule has 0 saturated heterocycles. The number of esters is 1. The molecule has 0 radical (unpaired) electrons. The molecular weight excluding hydrogens is 246 g/mol. The molecule has 0 aliphatic heterocycles. The zero-order valence-electron chi connectivity index (χ0n) is 10.8. The monoisotopic (exact) mass is 267 g/mol. The molecular formula is C10H21NO5S. The Labute approximate surface area is 103 Å². The highest BCUT2D eigenvalue weighted by molar-refractivity contribution is 7.89. The van der Waals surface area contributed by atoms with E-state index in [4.69, 9.17) is 4.74 Å². The largest absolute Gasteiger partial charge is 0.468 e. The van der Waals surface area contributed by atoms with Gasteiger partial charge in [0.15, 0.2) is 0 Å². The third kappa shape index (κ3) is 5.47. The molecule has 102 valence electrons. The van der Waals surface area contributed by atoms with Gasteiger partial charge in [0.25, 0.3) is 0 Å². The lowest BCUT2D eigenvalue weighted by Gasteiger charge is -2.27. The highest BCUT2D eigenvalue weighted by atomic mass is 32.2. The normalized spacial score (nSPS) is 15.3. The average molecular weight is 267 g/mol. The topological polar surface area (TPSA) is 81.7 Å². The molecule has 0 heterocycles. The fourth-order valence-electron chi connectivity index (χ4n) is 1.51. The first-order chi connectivity index (χ1) is 7.81. The van der Waals surface area contributed by atoms with E-state index >= 15 is 0 Å². The summed E-state index contributed by atoms with van der Waals surface area (Å²) in [5.74, 6) is -0.764. The van der Waals surface area contributed by atoms with Crippen LogP contribution in [-0.2, 0) is 24.3 Å². The van der Waals surface area contributed by atoms with E-state index in [2.05, 4.69) is 9.46 Å². The van der Waals surface area contributed by atoms with E-state index in [1.807, 2.05) is 6.92 Å². The lowest BCUT2D eigenvalue weighted by atomic mass is 9.98. The van der Waals surface area contributed by atoms with Crippen molar-refractivity contribution in [3.8, 4) is 0 Å². The van der Waals surface area contributed by atoms with Gasteiger partial charge in [-0.1, -0.05) is 13.3 Å². The summed E-state index contributed by atoms with van der Waals surface area (Å²) in [6, 6.07) is 0. The van der Waals surface area contributed by atoms with E-state index < -0.39 is 21.5 Å². The summed E-state index contributed by atoms with van der Waals surface area (Å²) < 4.78 is 35.1. The maximum absolute atomic E-state index is 11.7. The van der Waals surface area contributed by atoms with Gasteiger partial charge in [0.2, 0.25) is 10.0 Å². The second kappa shape index (κ2) is 6.93. The molecule has 1 N–H and O–H groups in total. The first-order valence-electron chi connectivity index (χ1n) is 5.40. The molecule has 0 aromatic rings. The van der Waals surface area contributed by atoms with Gasteiger partial charge >= 0.3 is 5.97 Å². The van der Waals surface area contributed by atoms with Crippen molar-refractivity contribution in [1.29, 1.82) is 0 Å². The standard InChI is InChI=1S/C10H21NO5S/c1-5-6-10(2,9(12)16-4)11-17(13,14)8-7-15-3/h11H,5-8H2,1-4H3. The van der Waals surface area contributed by atoms with Gasteiger partial charge in [0, 0.05) is 7.11 Å². The molecule has 1 unspecified atom stereocenters. The van der Waals surface area contributed by atoms with E-state index in [0.29, 0.717) is 12.8 Å². The summed E-state index contributed by atoms with van der Waals surface area (Å²) in [5.41, 5.74) is -1.21. The fraction of sp³-hybridized carbons (Fsp3) is 0.900. The molecule has 6 nitrogen and oxygen atoms in total. The Kier molecular flexibility index (Phi) is 6.66. The van der Waals surface area contributed by atoms with Crippen LogP contribution in [0.1, 0.15) is 26.7 Å². The summed E-state index contributed by atoms with van der Waals surface area (Å²) >= 11 is 0. The first kappa shape index (κ1) is 16.3. The number of carbonyl (C=O) groups excluding carboxylic acids is 1. The van der Waals surface area contributed by atoms with Crippen LogP contribution >= 0.6 is 0 Å². The molecule has 0 aromatic carbocycles. The molecule has 7 heteroatoms. The van der Waals surface area contributed by atoms with Crippen molar-refractivity contribution in [1.82, 2.24) is 4.72 Å². The third-order valence-corrected chi connectivity index (χ3v) is 3.79. The number of carbonyl (C=O) groups is 1. The minimum absolute atomic E-state index is 0.0821. The molecule has 0 amide bonds. The quantitative estimate of drug-likeness (QED) is 0.639. The van der Waals surface area contributed by atoms with Gasteiger partial charge in [0.05, 0.1) is 19.5 Å². The van der Waals surface area contributed by atoms with E-state index in [0.717, 1.165) is 0 Å². The smallest absolute Gasteiger partial charge is 0.326 e. The Morgan fingerprint density at radius 1 is 1.35 bits per heavy atom. The maximum Gasteiger partial charge on any atom is 0.326 e. The maximum atomic E-state index is 11.7. The molecule has 0 aliphatic rings. The van der Waals surface area contributed by atoms with Crippen LogP contribution < -0.4 is 4.72 Å². The molecule has 0 spiro atoms. The minimum Gasteiger partial charge on any atom is -0.468 e. The summed E-state index contributed by atoms with van der Waals surface area (Å²) in [7, 11) is -0.901. The highest BCUT2D eigenvalue weighted by Crippen LogP contribution is 2.15. The lowest BCUT2D eigenvalue weighted by Crippen LogP contribution is -2.53. The molecule has 0 aliphatic carbocycles. The van der Waals surface area contributed by atoms with Crippen molar-refractivity contribution in [2.45, 2.75) is 32.2 Å². The van der Waals surface area contributed by atoms with E-state index in [-0.39, 0.29) is 12.4 Å². The zero-order valence-corrected chi connectivity index (χ0v) is 11.6. The Balaban J connectivity index is 4.81. The predicted octanol–water partition coefficient (Wildman–Crippen LogP) is 0.284. The van der Waals surface area contributed by atoms with Gasteiger partial charge in [-0.3, -0.25) is 4.79 Å². The van der Waals surface area contributed by atoms with Crippen LogP contribution in [0.25, 0.3) is 0 Å². The number of sulfonamides is 1. The van der Waals surface area contributed by atoms with Crippen LogP contribution in [0.4, 0.5) is 0 Å². The molecule has 0 rings (SSSR count). The third-order valence-electron chi connectivity index (χ3n) is 2.32. The number of methoxy groups -OCH3 is 2. The molecule has 0 saturated carbocycles. The molecule has 1 atom stereocenters. The first-order valence-corrected chi connectivity index (χ1v) is 7.05. The number of nitrogens with one attached hydrogen (secondary N) is 1. The van der Waals surface area contributed by atoms with Crippen LogP contribution in [0.2, 0.25) is 0 Å². The van der Waals surface area contributed by atoms with Gasteiger partial charge in [0.1, 0.15) is 5.54 Å². The summed E-state index contributed by atoms with van der Waals surface area (Å²) in [6.45, 7) is 3.47. The van der Waals surface area contributed by atoms with E-state index in [9.17, 15) is 13.2 Å². The van der Waals surface area contributed by atoms with Crippen LogP contribution in [0.3, 0.4) is 0 Å². The number of ether oxygens (including phenoxy) is 2. The van der Waals surface area contributed by atoms with Crippen molar-refractivity contribution in [2.24, 2.45) is 0 Å². The van der Waals surface area contributed by atoms with Crippen LogP contribution in [0.5, 0.6) is 0 Å². The Morgan fingerprint density at radius 2 is 1.94 bits per heavy atom. The molecule has 0 bridgehead atoms. The Hall–Kier alpha value is -0.660. The molecule has 0 aromatic heterocycles.